The summed E-state index contributed by atoms with van der Waals surface area (Å²) in [5.41, 5.74) is 2.05. The van der Waals surface area contributed by atoms with E-state index in [0.29, 0.717) is 48.2 Å². The number of hydrogen-bond donors (Lipinski definition) is 4. The maximum Gasteiger partial charge on any atom is 0.311 e. The van der Waals surface area contributed by atoms with Crippen molar-refractivity contribution in [1.29, 1.82) is 0 Å². The van der Waals surface area contributed by atoms with E-state index in [1.807, 2.05) is 24.4 Å². The topological polar surface area (TPSA) is 97.0 Å². The van der Waals surface area contributed by atoms with Crippen molar-refractivity contribution >= 4 is 41.2 Å². The second-order valence-corrected chi connectivity index (χ2v) is 8.05. The first-order valence-electron chi connectivity index (χ1n) is 9.95. The fraction of sp³-hybridized carbons (Fsp3) is 0.318. The summed E-state index contributed by atoms with van der Waals surface area (Å²) in [4.78, 5) is 17.6. The Morgan fingerprint density at radius 3 is 2.74 bits per heavy atom. The second kappa shape index (κ2) is 10.6. The Kier molecular flexibility index (Phi) is 7.90. The van der Waals surface area contributed by atoms with Gasteiger partial charge in [-0.05, 0) is 53.7 Å². The molecular weight excluding hydrogens is 439 g/mol. The molecule has 3 rings (SSSR count). The van der Waals surface area contributed by atoms with E-state index in [9.17, 15) is 9.90 Å². The number of aliphatic hydroxyl groups is 2. The molecule has 1 aliphatic heterocycles. The highest BCUT2D eigenvalue weighted by Gasteiger charge is 2.38. The highest BCUT2D eigenvalue weighted by Crippen LogP contribution is 2.26. The Labute approximate surface area is 191 Å². The summed E-state index contributed by atoms with van der Waals surface area (Å²) in [6, 6.07) is 7.24. The molecule has 1 aromatic carbocycles. The van der Waals surface area contributed by atoms with Crippen molar-refractivity contribution in [2.24, 2.45) is 4.99 Å². The number of rotatable bonds is 8. The van der Waals surface area contributed by atoms with E-state index in [1.54, 1.807) is 29.8 Å². The number of amidine groups is 1. The van der Waals surface area contributed by atoms with Crippen LogP contribution in [-0.2, 0) is 4.79 Å². The number of benzene rings is 1. The molecule has 0 saturated heterocycles. The number of alkyl halides is 1. The number of nitrogens with zero attached hydrogens (tertiary/aromatic N) is 2. The van der Waals surface area contributed by atoms with Crippen LogP contribution in [0.2, 0.25) is 5.02 Å². The highest BCUT2D eigenvalue weighted by atomic mass is 35.5. The molecule has 2 aliphatic rings. The molecule has 1 amide bonds. The molecule has 7 nitrogen and oxygen atoms in total. The van der Waals surface area contributed by atoms with Gasteiger partial charge in [0.2, 0.25) is 0 Å². The van der Waals surface area contributed by atoms with Crippen molar-refractivity contribution in [3.8, 4) is 0 Å². The van der Waals surface area contributed by atoms with Crippen molar-refractivity contribution in [2.45, 2.75) is 24.6 Å². The monoisotopic (exact) mass is 463 g/mol. The lowest BCUT2D eigenvalue weighted by atomic mass is 10.0. The van der Waals surface area contributed by atoms with E-state index in [4.69, 9.17) is 28.3 Å². The van der Waals surface area contributed by atoms with E-state index in [2.05, 4.69) is 15.6 Å². The highest BCUT2D eigenvalue weighted by molar-refractivity contribution is 6.30. The van der Waals surface area contributed by atoms with Crippen LogP contribution in [0.1, 0.15) is 24.8 Å². The Balaban J connectivity index is 1.96. The molecule has 1 aromatic rings. The van der Waals surface area contributed by atoms with Gasteiger partial charge in [0, 0.05) is 30.8 Å². The summed E-state index contributed by atoms with van der Waals surface area (Å²) in [7, 11) is 1.70. The van der Waals surface area contributed by atoms with Crippen molar-refractivity contribution in [1.82, 2.24) is 10.6 Å². The number of amides is 1. The zero-order valence-electron chi connectivity index (χ0n) is 17.1. The van der Waals surface area contributed by atoms with Crippen LogP contribution in [-0.4, -0.2) is 58.3 Å². The fourth-order valence-corrected chi connectivity index (χ4v) is 3.50. The molecule has 1 heterocycles. The minimum absolute atomic E-state index is 0.00781. The van der Waals surface area contributed by atoms with Crippen LogP contribution >= 0.6 is 23.2 Å². The molecular formula is C22H25Cl2N4O3+. The van der Waals surface area contributed by atoms with Gasteiger partial charge in [-0.15, -0.1) is 11.6 Å². The number of carbonyl (C=O) groups excluding carboxylic acids is 1. The summed E-state index contributed by atoms with van der Waals surface area (Å²) in [5, 5.41) is 25.0. The molecule has 0 aromatic heterocycles. The third-order valence-electron chi connectivity index (χ3n) is 4.81. The average Bonchev–Trinajstić information content (AvgIpc) is 3.09. The van der Waals surface area contributed by atoms with E-state index in [-0.39, 0.29) is 18.3 Å². The maximum atomic E-state index is 12.9. The number of aliphatic hydroxyl groups excluding tert-OH is 2. The summed E-state index contributed by atoms with van der Waals surface area (Å²) in [5.74, 6) is 0.866. The Bertz CT molecular complexity index is 995. The summed E-state index contributed by atoms with van der Waals surface area (Å²) in [6.07, 6.45) is 6.79. The van der Waals surface area contributed by atoms with Gasteiger partial charge in [0.25, 0.3) is 17.4 Å². The SMILES string of the molecule is CNC1=C(C(=O)NCCCO)[N+](=Cc2ccc(Cl)cc2)C(CC2=CCC(Cl)C(O)=C2)=N1. The lowest BCUT2D eigenvalue weighted by molar-refractivity contribution is -0.336. The molecule has 9 heteroatoms. The number of halogens is 2. The van der Waals surface area contributed by atoms with Crippen LogP contribution in [0.5, 0.6) is 0 Å². The third kappa shape index (κ3) is 5.76. The van der Waals surface area contributed by atoms with Crippen LogP contribution in [0.25, 0.3) is 0 Å². The van der Waals surface area contributed by atoms with E-state index in [1.165, 1.54) is 0 Å². The first kappa shape index (κ1) is 23.1. The van der Waals surface area contributed by atoms with Crippen molar-refractivity contribution < 1.29 is 19.6 Å². The largest absolute Gasteiger partial charge is 0.511 e. The summed E-state index contributed by atoms with van der Waals surface area (Å²) >= 11 is 12.1. The van der Waals surface area contributed by atoms with Gasteiger partial charge in [-0.2, -0.15) is 4.58 Å². The molecule has 1 atom stereocenters. The number of aliphatic imine (C=N–C) groups is 1. The maximum absolute atomic E-state index is 12.9. The molecule has 0 saturated carbocycles. The number of allylic oxidation sites excluding steroid dienone is 3. The van der Waals surface area contributed by atoms with Crippen LogP contribution in [0.15, 0.2) is 64.3 Å². The molecule has 0 spiro atoms. The van der Waals surface area contributed by atoms with Crippen molar-refractivity contribution in [2.75, 3.05) is 20.2 Å². The lowest BCUT2D eigenvalue weighted by Crippen LogP contribution is -2.34. The Morgan fingerprint density at radius 1 is 1.35 bits per heavy atom. The van der Waals surface area contributed by atoms with Crippen molar-refractivity contribution in [3.63, 3.8) is 0 Å². The van der Waals surface area contributed by atoms with Gasteiger partial charge in [-0.3, -0.25) is 4.79 Å². The average molecular weight is 464 g/mol. The quantitative estimate of drug-likeness (QED) is 0.270. The smallest absolute Gasteiger partial charge is 0.311 e. The van der Waals surface area contributed by atoms with Gasteiger partial charge in [-0.1, -0.05) is 17.7 Å². The van der Waals surface area contributed by atoms with Crippen LogP contribution < -0.4 is 10.6 Å². The normalized spacial score (nSPS) is 19.8. The van der Waals surface area contributed by atoms with E-state index in [0.717, 1.165) is 11.1 Å². The number of hydrogen-bond acceptors (Lipinski definition) is 5. The zero-order chi connectivity index (χ0) is 22.4. The summed E-state index contributed by atoms with van der Waals surface area (Å²) in [6.45, 7) is 0.338. The van der Waals surface area contributed by atoms with E-state index < -0.39 is 5.38 Å². The first-order chi connectivity index (χ1) is 14.9. The van der Waals surface area contributed by atoms with Crippen molar-refractivity contribution in [3.05, 3.63) is 69.9 Å². The van der Waals surface area contributed by atoms with Gasteiger partial charge in [0.1, 0.15) is 12.0 Å². The zero-order valence-corrected chi connectivity index (χ0v) is 18.6. The van der Waals surface area contributed by atoms with Crippen LogP contribution in [0.4, 0.5) is 0 Å². The van der Waals surface area contributed by atoms with Gasteiger partial charge in [0.15, 0.2) is 0 Å². The molecule has 164 valence electrons. The predicted molar refractivity (Wildman–Crippen MR) is 123 cm³/mol. The summed E-state index contributed by atoms with van der Waals surface area (Å²) < 4.78 is 1.74. The third-order valence-corrected chi connectivity index (χ3v) is 5.46. The van der Waals surface area contributed by atoms with Gasteiger partial charge < -0.3 is 20.8 Å². The molecule has 1 unspecified atom stereocenters. The van der Waals surface area contributed by atoms with E-state index >= 15 is 0 Å². The van der Waals surface area contributed by atoms with Gasteiger partial charge in [0.05, 0.1) is 11.8 Å². The predicted octanol–water partition coefficient (Wildman–Crippen LogP) is 2.84. The molecule has 1 aliphatic carbocycles. The standard InChI is InChI=1S/C22H24Cl2N4O3/c1-25-21-20(22(31)26-9-2-10-29)28(13-14-3-6-16(23)7-4-14)19(27-21)12-15-5-8-17(24)18(30)11-15/h3-7,11,13,17,29H,2,8-10,12H2,1H3,(H2-,25,26,30,31)/p+1. The molecule has 0 radical (unpaired) electrons. The minimum Gasteiger partial charge on any atom is -0.511 e. The van der Waals surface area contributed by atoms with Crippen LogP contribution in [0, 0.1) is 0 Å². The second-order valence-electron chi connectivity index (χ2n) is 7.09. The fourth-order valence-electron chi connectivity index (χ4n) is 3.22. The first-order valence-corrected chi connectivity index (χ1v) is 10.8. The number of nitrogens with one attached hydrogen (secondary N) is 2. The molecule has 4 N–H and O–H groups in total. The van der Waals surface area contributed by atoms with Crippen LogP contribution in [0.3, 0.4) is 0 Å². The lowest BCUT2D eigenvalue weighted by Gasteiger charge is -2.13. The number of carbonyl (C=O) groups is 1. The Morgan fingerprint density at radius 2 is 2.10 bits per heavy atom. The minimum atomic E-state index is -0.426. The molecule has 31 heavy (non-hydrogen) atoms. The molecule has 0 fully saturated rings. The Hall–Kier alpha value is -2.61. The van der Waals surface area contributed by atoms with Gasteiger partial charge >= 0.3 is 5.84 Å². The molecule has 0 bridgehead atoms. The van der Waals surface area contributed by atoms with Gasteiger partial charge in [-0.25, -0.2) is 0 Å².